The summed E-state index contributed by atoms with van der Waals surface area (Å²) < 4.78 is 5.68. The third-order valence-corrected chi connectivity index (χ3v) is 4.91. The van der Waals surface area contributed by atoms with Gasteiger partial charge in [0.1, 0.15) is 11.1 Å². The van der Waals surface area contributed by atoms with E-state index in [2.05, 4.69) is 27.8 Å². The maximum Gasteiger partial charge on any atom is 0.122 e. The highest BCUT2D eigenvalue weighted by Gasteiger charge is 2.21. The van der Waals surface area contributed by atoms with Crippen molar-refractivity contribution in [1.29, 1.82) is 0 Å². The first kappa shape index (κ1) is 15.6. The Bertz CT molecular complexity index is 567. The van der Waals surface area contributed by atoms with Gasteiger partial charge in [-0.1, -0.05) is 30.3 Å². The first-order valence-corrected chi connectivity index (χ1v) is 8.70. The molecule has 0 bridgehead atoms. The van der Waals surface area contributed by atoms with Gasteiger partial charge in [0, 0.05) is 31.2 Å². The van der Waals surface area contributed by atoms with Crippen LogP contribution in [0.3, 0.4) is 0 Å². The molecule has 1 saturated heterocycles. The summed E-state index contributed by atoms with van der Waals surface area (Å²) in [7, 11) is 0. The minimum Gasteiger partial charge on any atom is -0.396 e. The molecule has 5 heteroatoms. The molecule has 1 aliphatic rings. The summed E-state index contributed by atoms with van der Waals surface area (Å²) in [5, 5.41) is 16.0. The smallest absolute Gasteiger partial charge is 0.122 e. The Morgan fingerprint density at radius 1 is 1.36 bits per heavy atom. The highest BCUT2D eigenvalue weighted by atomic mass is 32.1. The molecule has 0 spiro atoms. The number of aliphatic hydroxyl groups excluding tert-OH is 1. The van der Waals surface area contributed by atoms with Crippen molar-refractivity contribution in [2.24, 2.45) is 0 Å². The molecule has 118 valence electrons. The Labute approximate surface area is 135 Å². The number of benzene rings is 1. The zero-order valence-corrected chi connectivity index (χ0v) is 13.4. The van der Waals surface area contributed by atoms with E-state index in [1.807, 2.05) is 18.2 Å². The van der Waals surface area contributed by atoms with Crippen LogP contribution in [0.1, 0.15) is 47.7 Å². The molecule has 0 amide bonds. The van der Waals surface area contributed by atoms with Crippen LogP contribution >= 0.6 is 11.3 Å². The largest absolute Gasteiger partial charge is 0.396 e. The number of aliphatic hydroxyl groups is 1. The van der Waals surface area contributed by atoms with Crippen LogP contribution in [0.2, 0.25) is 0 Å². The van der Waals surface area contributed by atoms with Crippen molar-refractivity contribution in [2.75, 3.05) is 13.2 Å². The maximum absolute atomic E-state index is 9.27. The number of ether oxygens (including phenoxy) is 1. The van der Waals surface area contributed by atoms with Crippen molar-refractivity contribution in [3.8, 4) is 0 Å². The molecular weight excluding hydrogens is 296 g/mol. The second-order valence-electron chi connectivity index (χ2n) is 5.54. The lowest BCUT2D eigenvalue weighted by atomic mass is 10.0. The molecule has 1 aromatic heterocycles. The van der Waals surface area contributed by atoms with E-state index in [0.717, 1.165) is 30.2 Å². The third-order valence-electron chi connectivity index (χ3n) is 3.92. The second-order valence-corrected chi connectivity index (χ2v) is 6.42. The zero-order chi connectivity index (χ0) is 15.2. The molecule has 2 atom stereocenters. The fourth-order valence-corrected chi connectivity index (χ4v) is 3.65. The van der Waals surface area contributed by atoms with Crippen molar-refractivity contribution in [2.45, 2.75) is 38.0 Å². The lowest BCUT2D eigenvalue weighted by molar-refractivity contribution is 0.111. The van der Waals surface area contributed by atoms with Crippen molar-refractivity contribution in [3.63, 3.8) is 0 Å². The Morgan fingerprint density at radius 2 is 2.23 bits per heavy atom. The van der Waals surface area contributed by atoms with Gasteiger partial charge in [0.15, 0.2) is 0 Å². The molecule has 0 radical (unpaired) electrons. The van der Waals surface area contributed by atoms with Gasteiger partial charge in [-0.15, -0.1) is 11.3 Å². The molecule has 2 heterocycles. The van der Waals surface area contributed by atoms with E-state index in [-0.39, 0.29) is 18.8 Å². The maximum atomic E-state index is 9.27. The Morgan fingerprint density at radius 3 is 2.95 bits per heavy atom. The molecule has 0 aliphatic carbocycles. The van der Waals surface area contributed by atoms with E-state index in [1.165, 1.54) is 5.56 Å². The first-order valence-electron chi connectivity index (χ1n) is 7.82. The molecule has 1 fully saturated rings. The van der Waals surface area contributed by atoms with E-state index in [4.69, 9.17) is 4.74 Å². The fraction of sp³-hybridized carbons (Fsp3) is 0.471. The predicted molar refractivity (Wildman–Crippen MR) is 87.8 cm³/mol. The number of aromatic nitrogens is 1. The highest BCUT2D eigenvalue weighted by molar-refractivity contribution is 7.09. The van der Waals surface area contributed by atoms with E-state index in [9.17, 15) is 5.11 Å². The molecule has 0 saturated carbocycles. The molecule has 3 rings (SSSR count). The van der Waals surface area contributed by atoms with E-state index in [0.29, 0.717) is 13.0 Å². The monoisotopic (exact) mass is 318 g/mol. The minimum atomic E-state index is 0.152. The van der Waals surface area contributed by atoms with Crippen LogP contribution in [0.25, 0.3) is 0 Å². The quantitative estimate of drug-likeness (QED) is 0.823. The lowest BCUT2D eigenvalue weighted by Crippen LogP contribution is -2.22. The summed E-state index contributed by atoms with van der Waals surface area (Å²) in [6.45, 7) is 1.73. The number of hydrogen-bond acceptors (Lipinski definition) is 5. The number of nitrogens with one attached hydrogen (secondary N) is 1. The number of hydrogen-bond donors (Lipinski definition) is 2. The Hall–Kier alpha value is -1.27. The first-order chi connectivity index (χ1) is 10.9. The average Bonchev–Trinajstić information content (AvgIpc) is 3.23. The summed E-state index contributed by atoms with van der Waals surface area (Å²) >= 11 is 1.68. The van der Waals surface area contributed by atoms with Gasteiger partial charge < -0.3 is 15.2 Å². The van der Waals surface area contributed by atoms with Gasteiger partial charge in [0.25, 0.3) is 0 Å². The predicted octanol–water partition coefficient (Wildman–Crippen LogP) is 3.21. The molecule has 1 aliphatic heterocycles. The lowest BCUT2D eigenvalue weighted by Gasteiger charge is -2.17. The molecule has 22 heavy (non-hydrogen) atoms. The van der Waals surface area contributed by atoms with Crippen LogP contribution < -0.4 is 5.32 Å². The van der Waals surface area contributed by atoms with Crippen LogP contribution in [0.15, 0.2) is 35.7 Å². The second kappa shape index (κ2) is 7.83. The van der Waals surface area contributed by atoms with Gasteiger partial charge in [0.2, 0.25) is 0 Å². The van der Waals surface area contributed by atoms with E-state index < -0.39 is 0 Å². The normalized spacial score (nSPS) is 19.4. The molecule has 2 N–H and O–H groups in total. The van der Waals surface area contributed by atoms with Gasteiger partial charge in [-0.25, -0.2) is 4.98 Å². The molecule has 4 nitrogen and oxygen atoms in total. The van der Waals surface area contributed by atoms with Gasteiger partial charge in [-0.2, -0.15) is 0 Å². The standard InChI is InChI=1S/C17H22N2O2S/c20-9-8-15(13-5-2-1-3-6-13)18-11-14-12-22-17(19-14)16-7-4-10-21-16/h1-3,5-6,12,15-16,18,20H,4,7-11H2. The van der Waals surface area contributed by atoms with Crippen molar-refractivity contribution in [1.82, 2.24) is 10.3 Å². The van der Waals surface area contributed by atoms with Gasteiger partial charge >= 0.3 is 0 Å². The summed E-state index contributed by atoms with van der Waals surface area (Å²) in [4.78, 5) is 4.69. The van der Waals surface area contributed by atoms with Gasteiger partial charge in [0.05, 0.1) is 5.69 Å². The van der Waals surface area contributed by atoms with Crippen LogP contribution in [-0.4, -0.2) is 23.3 Å². The molecule has 1 aromatic carbocycles. The minimum absolute atomic E-state index is 0.152. The number of thiazole rings is 1. The van der Waals surface area contributed by atoms with Crippen LogP contribution in [0.4, 0.5) is 0 Å². The molecular formula is C17H22N2O2S. The summed E-state index contributed by atoms with van der Waals surface area (Å²) in [5.74, 6) is 0. The molecule has 2 unspecified atom stereocenters. The van der Waals surface area contributed by atoms with Crippen molar-refractivity contribution in [3.05, 3.63) is 52.0 Å². The van der Waals surface area contributed by atoms with Gasteiger partial charge in [-0.3, -0.25) is 0 Å². The Balaban J connectivity index is 1.60. The number of rotatable bonds is 7. The van der Waals surface area contributed by atoms with Gasteiger partial charge in [-0.05, 0) is 24.8 Å². The van der Waals surface area contributed by atoms with E-state index >= 15 is 0 Å². The van der Waals surface area contributed by atoms with Crippen molar-refractivity contribution >= 4 is 11.3 Å². The zero-order valence-electron chi connectivity index (χ0n) is 12.6. The summed E-state index contributed by atoms with van der Waals surface area (Å²) in [6, 6.07) is 10.4. The van der Waals surface area contributed by atoms with Crippen LogP contribution in [-0.2, 0) is 11.3 Å². The molecule has 2 aromatic rings. The van der Waals surface area contributed by atoms with E-state index in [1.54, 1.807) is 11.3 Å². The van der Waals surface area contributed by atoms with Crippen molar-refractivity contribution < 1.29 is 9.84 Å². The average molecular weight is 318 g/mol. The summed E-state index contributed by atoms with van der Waals surface area (Å²) in [6.07, 6.45) is 3.11. The van der Waals surface area contributed by atoms with Crippen LogP contribution in [0, 0.1) is 0 Å². The third kappa shape index (κ3) is 3.93. The Kier molecular flexibility index (Phi) is 5.56. The summed E-state index contributed by atoms with van der Waals surface area (Å²) in [5.41, 5.74) is 2.25. The fourth-order valence-electron chi connectivity index (χ4n) is 2.75. The number of nitrogens with zero attached hydrogens (tertiary/aromatic N) is 1. The van der Waals surface area contributed by atoms with Crippen LogP contribution in [0.5, 0.6) is 0 Å². The SMILES string of the molecule is OCCC(NCc1csc(C2CCCO2)n1)c1ccccc1. The highest BCUT2D eigenvalue weighted by Crippen LogP contribution is 2.30. The topological polar surface area (TPSA) is 54.4 Å².